The maximum Gasteiger partial charge on any atom is 0.276 e. The Labute approximate surface area is 98.5 Å². The number of nitrogens with one attached hydrogen (secondary N) is 1. The number of fused-ring (bicyclic) bond motifs is 1. The molecule has 0 aromatic carbocycles. The van der Waals surface area contributed by atoms with Gasteiger partial charge >= 0.3 is 0 Å². The van der Waals surface area contributed by atoms with E-state index in [1.807, 2.05) is 13.0 Å². The van der Waals surface area contributed by atoms with E-state index in [1.165, 1.54) is 11.0 Å². The Morgan fingerprint density at radius 2 is 2.12 bits per heavy atom. The van der Waals surface area contributed by atoms with Crippen molar-refractivity contribution < 1.29 is 0 Å². The van der Waals surface area contributed by atoms with Gasteiger partial charge in [-0.05, 0) is 32.6 Å². The van der Waals surface area contributed by atoms with Crippen molar-refractivity contribution in [2.45, 2.75) is 32.6 Å². The van der Waals surface area contributed by atoms with Gasteiger partial charge in [-0.2, -0.15) is 0 Å². The average molecular weight is 230 g/mol. The number of aromatic nitrogens is 4. The fraction of sp³-hybridized carbons (Fsp3) is 0.417. The molecule has 0 unspecified atom stereocenters. The van der Waals surface area contributed by atoms with E-state index in [0.29, 0.717) is 5.82 Å². The summed E-state index contributed by atoms with van der Waals surface area (Å²) in [5.41, 5.74) is 2.89. The van der Waals surface area contributed by atoms with Crippen molar-refractivity contribution in [1.29, 1.82) is 0 Å². The second-order valence-electron chi connectivity index (χ2n) is 4.43. The highest BCUT2D eigenvalue weighted by molar-refractivity contribution is 5.28. The molecule has 0 saturated carbocycles. The monoisotopic (exact) mass is 230 g/mol. The maximum atomic E-state index is 12.2. The van der Waals surface area contributed by atoms with Gasteiger partial charge < -0.3 is 0 Å². The lowest BCUT2D eigenvalue weighted by atomic mass is 9.98. The van der Waals surface area contributed by atoms with E-state index >= 15 is 0 Å². The Hall–Kier alpha value is -1.91. The quantitative estimate of drug-likeness (QED) is 0.799. The van der Waals surface area contributed by atoms with Crippen LogP contribution in [0.1, 0.15) is 29.8 Å². The highest BCUT2D eigenvalue weighted by Crippen LogP contribution is 2.17. The van der Waals surface area contributed by atoms with E-state index in [0.717, 1.165) is 42.6 Å². The molecule has 5 nitrogen and oxygen atoms in total. The Morgan fingerprint density at radius 1 is 1.29 bits per heavy atom. The largest absolute Gasteiger partial charge is 0.293 e. The zero-order chi connectivity index (χ0) is 11.8. The summed E-state index contributed by atoms with van der Waals surface area (Å²) in [5.74, 6) is 0.622. The second kappa shape index (κ2) is 3.84. The van der Waals surface area contributed by atoms with E-state index in [4.69, 9.17) is 0 Å². The Balaban J connectivity index is 2.16. The fourth-order valence-electron chi connectivity index (χ4n) is 2.31. The number of hydrogen-bond donors (Lipinski definition) is 1. The van der Waals surface area contributed by atoms with Gasteiger partial charge in [0.2, 0.25) is 0 Å². The van der Waals surface area contributed by atoms with Crippen LogP contribution in [0.2, 0.25) is 0 Å². The summed E-state index contributed by atoms with van der Waals surface area (Å²) in [4.78, 5) is 20.4. The molecule has 0 fully saturated rings. The van der Waals surface area contributed by atoms with Gasteiger partial charge in [0.15, 0.2) is 5.82 Å². The highest BCUT2D eigenvalue weighted by atomic mass is 16.1. The van der Waals surface area contributed by atoms with Crippen LogP contribution in [0.4, 0.5) is 0 Å². The van der Waals surface area contributed by atoms with Crippen LogP contribution in [0, 0.1) is 6.92 Å². The van der Waals surface area contributed by atoms with Crippen molar-refractivity contribution in [2.24, 2.45) is 0 Å². The number of hydrogen-bond acceptors (Lipinski definition) is 3. The molecule has 0 spiro atoms. The molecule has 0 saturated heterocycles. The Bertz CT molecular complexity index is 611. The number of aromatic amines is 1. The van der Waals surface area contributed by atoms with Crippen molar-refractivity contribution >= 4 is 0 Å². The summed E-state index contributed by atoms with van der Waals surface area (Å²) in [6, 6.07) is 1.81. The third-order valence-electron chi connectivity index (χ3n) is 3.19. The molecule has 1 aliphatic rings. The van der Waals surface area contributed by atoms with E-state index in [1.54, 1.807) is 0 Å². The number of H-pyrrole nitrogens is 1. The van der Waals surface area contributed by atoms with Crippen LogP contribution in [-0.2, 0) is 12.8 Å². The van der Waals surface area contributed by atoms with Crippen LogP contribution in [0.15, 0.2) is 17.2 Å². The molecule has 0 radical (unpaired) electrons. The Kier molecular flexibility index (Phi) is 2.31. The highest BCUT2D eigenvalue weighted by Gasteiger charge is 2.18. The first kappa shape index (κ1) is 10.3. The number of nitrogens with zero attached hydrogens (tertiary/aromatic N) is 3. The minimum absolute atomic E-state index is 0.0396. The molecule has 2 aromatic heterocycles. The first-order valence-electron chi connectivity index (χ1n) is 5.87. The lowest BCUT2D eigenvalue weighted by Gasteiger charge is -2.07. The molecule has 1 aliphatic carbocycles. The standard InChI is InChI=1S/C12H14N4O/c1-8-6-11(14-7-13-8)16-12(17)9-4-2-3-5-10(9)15-16/h6-7,15H,2-5H2,1H3. The molecule has 1 N–H and O–H groups in total. The summed E-state index contributed by atoms with van der Waals surface area (Å²) >= 11 is 0. The second-order valence-corrected chi connectivity index (χ2v) is 4.43. The molecule has 2 heterocycles. The molecule has 2 aromatic rings. The van der Waals surface area contributed by atoms with Gasteiger partial charge in [0, 0.05) is 23.0 Å². The number of rotatable bonds is 1. The molecule has 17 heavy (non-hydrogen) atoms. The minimum Gasteiger partial charge on any atom is -0.293 e. The lowest BCUT2D eigenvalue weighted by Crippen LogP contribution is -2.19. The van der Waals surface area contributed by atoms with Crippen LogP contribution in [0.5, 0.6) is 0 Å². The van der Waals surface area contributed by atoms with Crippen molar-refractivity contribution in [2.75, 3.05) is 0 Å². The van der Waals surface area contributed by atoms with Gasteiger partial charge in [-0.3, -0.25) is 9.89 Å². The van der Waals surface area contributed by atoms with Crippen LogP contribution >= 0.6 is 0 Å². The van der Waals surface area contributed by atoms with Crippen LogP contribution < -0.4 is 5.56 Å². The molecule has 3 rings (SSSR count). The minimum atomic E-state index is 0.0396. The van der Waals surface area contributed by atoms with Gasteiger partial charge in [0.05, 0.1) is 0 Å². The molecule has 88 valence electrons. The summed E-state index contributed by atoms with van der Waals surface area (Å²) < 4.78 is 1.53. The smallest absolute Gasteiger partial charge is 0.276 e. The van der Waals surface area contributed by atoms with Crippen LogP contribution in [-0.4, -0.2) is 19.7 Å². The van der Waals surface area contributed by atoms with Crippen LogP contribution in [0.3, 0.4) is 0 Å². The van der Waals surface area contributed by atoms with Gasteiger partial charge in [0.1, 0.15) is 6.33 Å². The molecule has 0 amide bonds. The van der Waals surface area contributed by atoms with Crippen molar-refractivity contribution in [3.8, 4) is 5.82 Å². The van der Waals surface area contributed by atoms with Crippen molar-refractivity contribution in [3.63, 3.8) is 0 Å². The SMILES string of the molecule is Cc1cc(-n2[nH]c3c(c2=O)CCCC3)ncn1. The summed E-state index contributed by atoms with van der Waals surface area (Å²) in [6.45, 7) is 1.89. The molecule has 0 atom stereocenters. The van der Waals surface area contributed by atoms with E-state index < -0.39 is 0 Å². The third-order valence-corrected chi connectivity index (χ3v) is 3.19. The molecule has 0 bridgehead atoms. The summed E-state index contributed by atoms with van der Waals surface area (Å²) in [7, 11) is 0. The summed E-state index contributed by atoms with van der Waals surface area (Å²) in [5, 5.41) is 3.16. The first-order valence-corrected chi connectivity index (χ1v) is 5.87. The van der Waals surface area contributed by atoms with Crippen molar-refractivity contribution in [1.82, 2.24) is 19.7 Å². The summed E-state index contributed by atoms with van der Waals surface area (Å²) in [6.07, 6.45) is 5.57. The predicted octanol–water partition coefficient (Wildman–Crippen LogP) is 1.14. The zero-order valence-corrected chi connectivity index (χ0v) is 9.73. The normalized spacial score (nSPS) is 14.6. The van der Waals surface area contributed by atoms with Crippen LogP contribution in [0.25, 0.3) is 5.82 Å². The molecular formula is C12H14N4O. The average Bonchev–Trinajstić information content (AvgIpc) is 2.68. The fourth-order valence-corrected chi connectivity index (χ4v) is 2.31. The zero-order valence-electron chi connectivity index (χ0n) is 9.73. The van der Waals surface area contributed by atoms with Crippen molar-refractivity contribution in [3.05, 3.63) is 39.7 Å². The van der Waals surface area contributed by atoms with Gasteiger partial charge in [-0.1, -0.05) is 0 Å². The first-order chi connectivity index (χ1) is 8.25. The van der Waals surface area contributed by atoms with E-state index in [-0.39, 0.29) is 5.56 Å². The molecule has 5 heteroatoms. The number of aryl methyl sites for hydroxylation is 2. The van der Waals surface area contributed by atoms with Gasteiger partial charge in [0.25, 0.3) is 5.56 Å². The molecular weight excluding hydrogens is 216 g/mol. The molecule has 0 aliphatic heterocycles. The van der Waals surface area contributed by atoms with Gasteiger partial charge in [-0.25, -0.2) is 14.6 Å². The van der Waals surface area contributed by atoms with E-state index in [9.17, 15) is 4.79 Å². The lowest BCUT2D eigenvalue weighted by molar-refractivity contribution is 0.670. The van der Waals surface area contributed by atoms with Gasteiger partial charge in [-0.15, -0.1) is 0 Å². The predicted molar refractivity (Wildman–Crippen MR) is 63.4 cm³/mol. The topological polar surface area (TPSA) is 63.6 Å². The van der Waals surface area contributed by atoms with E-state index in [2.05, 4.69) is 15.1 Å². The third kappa shape index (κ3) is 1.67. The maximum absolute atomic E-state index is 12.2. The Morgan fingerprint density at radius 3 is 2.88 bits per heavy atom.